The molecule has 0 aromatic carbocycles. The first-order valence-corrected chi connectivity index (χ1v) is 5.66. The lowest BCUT2D eigenvalue weighted by Crippen LogP contribution is -2.02. The van der Waals surface area contributed by atoms with E-state index in [0.717, 1.165) is 0 Å². The van der Waals surface area contributed by atoms with Crippen LogP contribution in [0.2, 0.25) is 0 Å². The molecule has 0 saturated carbocycles. The van der Waals surface area contributed by atoms with Crippen LogP contribution in [0.5, 0.6) is 5.75 Å². The lowest BCUT2D eigenvalue weighted by molar-refractivity contribution is -0.104. The number of nitrogens with zero attached hydrogens (tertiary/aromatic N) is 4. The molecule has 100 valence electrons. The monoisotopic (exact) mass is 271 g/mol. The highest BCUT2D eigenvalue weighted by atomic mass is 16.5. The molecule has 0 unspecified atom stereocenters. The van der Waals surface area contributed by atoms with Gasteiger partial charge in [-0.1, -0.05) is 5.21 Å². The number of carbonyl (C=O) groups excluding carboxylic acids is 2. The van der Waals surface area contributed by atoms with Gasteiger partial charge in [0, 0.05) is 6.20 Å². The Labute approximate surface area is 112 Å². The lowest BCUT2D eigenvalue weighted by atomic mass is 10.1. The number of fused-ring (bicyclic) bond motifs is 1. The highest BCUT2D eigenvalue weighted by molar-refractivity contribution is 6.36. The average molecular weight is 271 g/mol. The van der Waals surface area contributed by atoms with Crippen LogP contribution >= 0.6 is 0 Å². The van der Waals surface area contributed by atoms with E-state index in [1.807, 2.05) is 0 Å². The van der Waals surface area contributed by atoms with Crippen molar-refractivity contribution in [3.05, 3.63) is 30.4 Å². The molecule has 0 bridgehead atoms. The number of carbonyl (C=O) groups is 2. The van der Waals surface area contributed by atoms with E-state index in [0.29, 0.717) is 22.5 Å². The van der Waals surface area contributed by atoms with E-state index in [1.165, 1.54) is 30.4 Å². The summed E-state index contributed by atoms with van der Waals surface area (Å²) in [6.07, 6.45) is 6.31. The van der Waals surface area contributed by atoms with Gasteiger partial charge < -0.3 is 9.72 Å². The fraction of sp³-hybridized carbons (Fsp3) is 0.0833. The number of nitrogens with one attached hydrogen (secondary N) is 1. The van der Waals surface area contributed by atoms with Crippen molar-refractivity contribution in [1.29, 1.82) is 0 Å². The van der Waals surface area contributed by atoms with Gasteiger partial charge >= 0.3 is 0 Å². The molecule has 0 amide bonds. The van der Waals surface area contributed by atoms with Gasteiger partial charge in [-0.3, -0.25) is 9.59 Å². The summed E-state index contributed by atoms with van der Waals surface area (Å²) in [5.74, 6) is 0.226. The zero-order valence-corrected chi connectivity index (χ0v) is 10.4. The molecule has 0 radical (unpaired) electrons. The number of methoxy groups -OCH3 is 1. The van der Waals surface area contributed by atoms with Crippen molar-refractivity contribution in [2.24, 2.45) is 0 Å². The Morgan fingerprint density at radius 3 is 3.00 bits per heavy atom. The summed E-state index contributed by atoms with van der Waals surface area (Å²) >= 11 is 0. The zero-order chi connectivity index (χ0) is 14.1. The Morgan fingerprint density at radius 2 is 2.35 bits per heavy atom. The van der Waals surface area contributed by atoms with Crippen LogP contribution in [0.4, 0.5) is 0 Å². The molecule has 8 nitrogen and oxygen atoms in total. The van der Waals surface area contributed by atoms with E-state index in [9.17, 15) is 9.59 Å². The number of hydrogen-bond donors (Lipinski definition) is 1. The minimum atomic E-state index is -0.634. The second kappa shape index (κ2) is 4.57. The SMILES string of the molecule is COc1cnc(-n2ccnn2)c2[nH]cc(C(=O)C=O)c12. The summed E-state index contributed by atoms with van der Waals surface area (Å²) in [5, 5.41) is 8.06. The first-order chi connectivity index (χ1) is 9.76. The first-order valence-electron chi connectivity index (χ1n) is 5.66. The van der Waals surface area contributed by atoms with Crippen LogP contribution in [0.15, 0.2) is 24.8 Å². The van der Waals surface area contributed by atoms with Crippen molar-refractivity contribution < 1.29 is 14.3 Å². The third-order valence-corrected chi connectivity index (χ3v) is 2.89. The molecule has 0 spiro atoms. The Bertz CT molecular complexity index is 791. The highest BCUT2D eigenvalue weighted by Crippen LogP contribution is 2.31. The molecule has 3 aromatic rings. The molecule has 0 aliphatic carbocycles. The standard InChI is InChI=1S/C12H9N5O3/c1-20-9-5-14-12(17-3-2-15-16-17)11-10(9)7(4-13-11)8(19)6-18/h2-6,13H,1H3. The van der Waals surface area contributed by atoms with Gasteiger partial charge in [-0.2, -0.15) is 0 Å². The lowest BCUT2D eigenvalue weighted by Gasteiger charge is -2.06. The number of H-pyrrole nitrogens is 1. The van der Waals surface area contributed by atoms with Crippen LogP contribution in [-0.4, -0.2) is 44.1 Å². The smallest absolute Gasteiger partial charge is 0.227 e. The molecular formula is C12H9N5O3. The Balaban J connectivity index is 2.34. The third kappa shape index (κ3) is 1.66. The molecule has 0 saturated heterocycles. The Kier molecular flexibility index (Phi) is 2.75. The summed E-state index contributed by atoms with van der Waals surface area (Å²) in [6.45, 7) is 0. The summed E-state index contributed by atoms with van der Waals surface area (Å²) in [7, 11) is 1.47. The number of aldehydes is 1. The number of pyridine rings is 1. The quantitative estimate of drug-likeness (QED) is 0.422. The number of Topliss-reactive ketones (excluding diaryl/α,β-unsaturated/α-hetero) is 1. The summed E-state index contributed by atoms with van der Waals surface area (Å²) in [5.41, 5.74) is 0.774. The van der Waals surface area contributed by atoms with Gasteiger partial charge in [0.15, 0.2) is 12.1 Å². The fourth-order valence-electron chi connectivity index (χ4n) is 2.01. The predicted molar refractivity (Wildman–Crippen MR) is 68.0 cm³/mol. The number of aromatic nitrogens is 5. The number of ether oxygens (including phenoxy) is 1. The van der Waals surface area contributed by atoms with Crippen molar-refractivity contribution in [3.8, 4) is 11.6 Å². The minimum Gasteiger partial charge on any atom is -0.494 e. The van der Waals surface area contributed by atoms with Crippen molar-refractivity contribution >= 4 is 23.0 Å². The average Bonchev–Trinajstić information content (AvgIpc) is 3.14. The van der Waals surface area contributed by atoms with Crippen LogP contribution in [-0.2, 0) is 4.79 Å². The first kappa shape index (κ1) is 12.0. The summed E-state index contributed by atoms with van der Waals surface area (Å²) < 4.78 is 6.65. The molecular weight excluding hydrogens is 262 g/mol. The normalized spacial score (nSPS) is 10.7. The van der Waals surface area contributed by atoms with Gasteiger partial charge in [-0.25, -0.2) is 9.67 Å². The van der Waals surface area contributed by atoms with Crippen molar-refractivity contribution in [2.75, 3.05) is 7.11 Å². The van der Waals surface area contributed by atoms with Gasteiger partial charge in [0.25, 0.3) is 0 Å². The second-order valence-electron chi connectivity index (χ2n) is 3.93. The van der Waals surface area contributed by atoms with Gasteiger partial charge in [0.05, 0.1) is 42.2 Å². The third-order valence-electron chi connectivity index (χ3n) is 2.89. The van der Waals surface area contributed by atoms with E-state index in [4.69, 9.17) is 4.74 Å². The number of hydrogen-bond acceptors (Lipinski definition) is 6. The molecule has 8 heteroatoms. The molecule has 1 N–H and O–H groups in total. The molecule has 0 fully saturated rings. The van der Waals surface area contributed by atoms with Crippen LogP contribution < -0.4 is 4.74 Å². The largest absolute Gasteiger partial charge is 0.494 e. The van der Waals surface area contributed by atoms with Crippen LogP contribution in [0.25, 0.3) is 16.7 Å². The van der Waals surface area contributed by atoms with Crippen LogP contribution in [0.1, 0.15) is 10.4 Å². The number of aromatic amines is 1. The van der Waals surface area contributed by atoms with E-state index in [-0.39, 0.29) is 11.8 Å². The Morgan fingerprint density at radius 1 is 1.50 bits per heavy atom. The van der Waals surface area contributed by atoms with E-state index < -0.39 is 5.78 Å². The van der Waals surface area contributed by atoms with E-state index in [2.05, 4.69) is 20.3 Å². The molecule has 0 aliphatic heterocycles. The zero-order valence-electron chi connectivity index (χ0n) is 10.4. The summed E-state index contributed by atoms with van der Waals surface area (Å²) in [6, 6.07) is 0. The molecule has 3 heterocycles. The van der Waals surface area contributed by atoms with Crippen molar-refractivity contribution in [3.63, 3.8) is 0 Å². The summed E-state index contributed by atoms with van der Waals surface area (Å²) in [4.78, 5) is 29.5. The maximum atomic E-state index is 11.7. The number of ketones is 1. The maximum absolute atomic E-state index is 11.7. The van der Waals surface area contributed by atoms with Crippen molar-refractivity contribution in [2.45, 2.75) is 0 Å². The van der Waals surface area contributed by atoms with Gasteiger partial charge in [0.1, 0.15) is 5.75 Å². The molecule has 0 aliphatic rings. The van der Waals surface area contributed by atoms with Crippen molar-refractivity contribution in [1.82, 2.24) is 25.0 Å². The van der Waals surface area contributed by atoms with Crippen LogP contribution in [0, 0.1) is 0 Å². The number of rotatable bonds is 4. The molecule has 3 aromatic heterocycles. The Hall–Kier alpha value is -3.03. The van der Waals surface area contributed by atoms with Gasteiger partial charge in [0.2, 0.25) is 5.78 Å². The highest BCUT2D eigenvalue weighted by Gasteiger charge is 2.19. The van der Waals surface area contributed by atoms with E-state index >= 15 is 0 Å². The van der Waals surface area contributed by atoms with Gasteiger partial charge in [-0.15, -0.1) is 5.10 Å². The van der Waals surface area contributed by atoms with E-state index in [1.54, 1.807) is 6.20 Å². The second-order valence-corrected chi connectivity index (χ2v) is 3.93. The molecule has 20 heavy (non-hydrogen) atoms. The predicted octanol–water partition coefficient (Wildman–Crippen LogP) is 0.534. The van der Waals surface area contributed by atoms with Crippen LogP contribution in [0.3, 0.4) is 0 Å². The fourth-order valence-corrected chi connectivity index (χ4v) is 2.01. The molecule has 3 rings (SSSR count). The molecule has 0 atom stereocenters. The minimum absolute atomic E-state index is 0.232. The van der Waals surface area contributed by atoms with Gasteiger partial charge in [-0.05, 0) is 0 Å². The topological polar surface area (TPSA) is 103 Å². The maximum Gasteiger partial charge on any atom is 0.227 e.